The molecule has 0 radical (unpaired) electrons. The van der Waals surface area contributed by atoms with Crippen LogP contribution < -0.4 is 11.4 Å². The van der Waals surface area contributed by atoms with Gasteiger partial charge in [-0.3, -0.25) is 9.69 Å². The third-order valence-corrected chi connectivity index (χ3v) is 3.28. The van der Waals surface area contributed by atoms with Gasteiger partial charge < -0.3 is 9.74 Å². The molecular formula is C10H20N4O2. The minimum absolute atomic E-state index is 0.299. The van der Waals surface area contributed by atoms with Crippen LogP contribution in [0.2, 0.25) is 0 Å². The van der Waals surface area contributed by atoms with Gasteiger partial charge in [0.2, 0.25) is 0 Å². The molecule has 2 fully saturated rings. The molecule has 0 unspecified atom stereocenters. The molecule has 1 saturated carbocycles. The fourth-order valence-corrected chi connectivity index (χ4v) is 2.16. The van der Waals surface area contributed by atoms with Crippen molar-refractivity contribution in [3.63, 3.8) is 0 Å². The number of hydrogen-bond acceptors (Lipinski definition) is 6. The minimum atomic E-state index is -0.299. The van der Waals surface area contributed by atoms with Crippen molar-refractivity contribution in [2.75, 3.05) is 32.7 Å². The minimum Gasteiger partial charge on any atom is -0.356 e. The summed E-state index contributed by atoms with van der Waals surface area (Å²) in [5, 5.41) is 0. The molecule has 1 aliphatic carbocycles. The van der Waals surface area contributed by atoms with Gasteiger partial charge in [0.15, 0.2) is 0 Å². The molecule has 6 nitrogen and oxygen atoms in total. The highest BCUT2D eigenvalue weighted by atomic mass is 16.7. The number of nitrogens with one attached hydrogen (secondary N) is 1. The number of carbonyl (C=O) groups is 1. The Labute approximate surface area is 95.6 Å². The van der Waals surface area contributed by atoms with Gasteiger partial charge in [0.1, 0.15) is 0 Å². The molecule has 1 saturated heterocycles. The predicted molar refractivity (Wildman–Crippen MR) is 59.1 cm³/mol. The molecule has 0 aromatic carbocycles. The van der Waals surface area contributed by atoms with E-state index in [-0.39, 0.29) is 5.97 Å². The van der Waals surface area contributed by atoms with Gasteiger partial charge in [0.05, 0.1) is 6.42 Å². The highest BCUT2D eigenvalue weighted by Gasteiger charge is 2.31. The maximum Gasteiger partial charge on any atom is 0.327 e. The molecule has 6 heteroatoms. The van der Waals surface area contributed by atoms with Crippen molar-refractivity contribution in [1.82, 2.24) is 15.4 Å². The van der Waals surface area contributed by atoms with E-state index >= 15 is 0 Å². The van der Waals surface area contributed by atoms with E-state index in [9.17, 15) is 4.79 Å². The van der Waals surface area contributed by atoms with Crippen molar-refractivity contribution in [1.29, 1.82) is 0 Å². The van der Waals surface area contributed by atoms with Crippen LogP contribution in [0.3, 0.4) is 0 Å². The second kappa shape index (κ2) is 5.58. The van der Waals surface area contributed by atoms with Gasteiger partial charge in [-0.05, 0) is 12.8 Å². The van der Waals surface area contributed by atoms with Gasteiger partial charge in [-0.25, -0.2) is 5.84 Å². The fraction of sp³-hybridized carbons (Fsp3) is 0.900. The summed E-state index contributed by atoms with van der Waals surface area (Å²) in [5.74, 6) is 4.58. The van der Waals surface area contributed by atoms with Gasteiger partial charge in [0, 0.05) is 38.8 Å². The molecule has 0 amide bonds. The Morgan fingerprint density at radius 1 is 1.31 bits per heavy atom. The highest BCUT2D eigenvalue weighted by Crippen LogP contribution is 2.27. The third-order valence-electron chi connectivity index (χ3n) is 3.28. The van der Waals surface area contributed by atoms with Gasteiger partial charge in [-0.1, -0.05) is 5.59 Å². The quantitative estimate of drug-likeness (QED) is 0.468. The first-order valence-corrected chi connectivity index (χ1v) is 5.91. The van der Waals surface area contributed by atoms with E-state index in [1.165, 1.54) is 12.8 Å². The zero-order chi connectivity index (χ0) is 11.4. The Hall–Kier alpha value is -0.690. The van der Waals surface area contributed by atoms with Crippen LogP contribution in [0.1, 0.15) is 19.3 Å². The number of nitrogens with zero attached hydrogens (tertiary/aromatic N) is 2. The smallest absolute Gasteiger partial charge is 0.327 e. The Morgan fingerprint density at radius 3 is 2.56 bits per heavy atom. The van der Waals surface area contributed by atoms with E-state index in [1.54, 1.807) is 0 Å². The monoisotopic (exact) mass is 228 g/mol. The van der Waals surface area contributed by atoms with Crippen molar-refractivity contribution >= 4 is 5.97 Å². The van der Waals surface area contributed by atoms with Crippen molar-refractivity contribution in [2.45, 2.75) is 25.3 Å². The summed E-state index contributed by atoms with van der Waals surface area (Å²) in [5.41, 5.74) is 1.91. The van der Waals surface area contributed by atoms with Crippen LogP contribution in [-0.2, 0) is 9.63 Å². The molecule has 0 bridgehead atoms. The van der Waals surface area contributed by atoms with E-state index in [4.69, 9.17) is 5.84 Å². The summed E-state index contributed by atoms with van der Waals surface area (Å²) in [6, 6.07) is 0.855. The summed E-state index contributed by atoms with van der Waals surface area (Å²) < 4.78 is 0. The lowest BCUT2D eigenvalue weighted by molar-refractivity contribution is -0.151. The normalized spacial score (nSPS) is 23.3. The van der Waals surface area contributed by atoms with E-state index in [0.29, 0.717) is 6.42 Å². The summed E-state index contributed by atoms with van der Waals surface area (Å²) >= 11 is 0. The van der Waals surface area contributed by atoms with Crippen LogP contribution in [0.5, 0.6) is 0 Å². The molecule has 0 aromatic heterocycles. The standard InChI is InChI=1S/C10H20N4O2/c11-12-16-10(15)3-4-13-5-7-14(8-6-13)9-1-2-9/h9,12H,1-8,11H2. The largest absolute Gasteiger partial charge is 0.356 e. The highest BCUT2D eigenvalue weighted by molar-refractivity contribution is 5.69. The number of nitrogens with two attached hydrogens (primary N) is 1. The van der Waals surface area contributed by atoms with Gasteiger partial charge in [-0.2, -0.15) is 0 Å². The first-order chi connectivity index (χ1) is 7.79. The Bertz CT molecular complexity index is 237. The van der Waals surface area contributed by atoms with E-state index in [2.05, 4.69) is 14.6 Å². The zero-order valence-corrected chi connectivity index (χ0v) is 9.52. The van der Waals surface area contributed by atoms with E-state index < -0.39 is 0 Å². The fourth-order valence-electron chi connectivity index (χ4n) is 2.16. The molecule has 0 spiro atoms. The number of rotatable bonds is 5. The first kappa shape index (κ1) is 11.8. The van der Waals surface area contributed by atoms with E-state index in [0.717, 1.165) is 38.8 Å². The molecule has 0 aromatic rings. The average molecular weight is 228 g/mol. The molecule has 2 aliphatic rings. The SMILES string of the molecule is NNOC(=O)CCN1CCN(C2CC2)CC1. The summed E-state index contributed by atoms with van der Waals surface area (Å²) in [4.78, 5) is 20.4. The molecule has 1 aliphatic heterocycles. The topological polar surface area (TPSA) is 70.8 Å². The second-order valence-corrected chi connectivity index (χ2v) is 4.45. The van der Waals surface area contributed by atoms with Crippen LogP contribution in [0.15, 0.2) is 0 Å². The van der Waals surface area contributed by atoms with Gasteiger partial charge in [-0.15, -0.1) is 0 Å². The molecule has 2 rings (SSSR count). The van der Waals surface area contributed by atoms with Crippen LogP contribution in [0.25, 0.3) is 0 Å². The lowest BCUT2D eigenvalue weighted by atomic mass is 10.3. The molecular weight excluding hydrogens is 208 g/mol. The van der Waals surface area contributed by atoms with Crippen LogP contribution in [0.4, 0.5) is 0 Å². The average Bonchev–Trinajstić information content (AvgIpc) is 3.11. The summed E-state index contributed by atoms with van der Waals surface area (Å²) in [7, 11) is 0. The number of hydrogen-bond donors (Lipinski definition) is 2. The second-order valence-electron chi connectivity index (χ2n) is 4.45. The summed E-state index contributed by atoms with van der Waals surface area (Å²) in [6.45, 7) is 5.14. The predicted octanol–water partition coefficient (Wildman–Crippen LogP) is -0.922. The molecule has 0 atom stereocenters. The maximum absolute atomic E-state index is 11.1. The molecule has 16 heavy (non-hydrogen) atoms. The third kappa shape index (κ3) is 3.41. The van der Waals surface area contributed by atoms with Crippen molar-refractivity contribution in [3.8, 4) is 0 Å². The zero-order valence-electron chi connectivity index (χ0n) is 9.52. The number of piperazine rings is 1. The van der Waals surface area contributed by atoms with Crippen LogP contribution >= 0.6 is 0 Å². The summed E-state index contributed by atoms with van der Waals surface area (Å²) in [6.07, 6.45) is 3.14. The van der Waals surface area contributed by atoms with Crippen LogP contribution in [-0.4, -0.2) is 54.5 Å². The number of carbonyl (C=O) groups excluding carboxylic acids is 1. The number of hydrazine groups is 1. The lowest BCUT2D eigenvalue weighted by Crippen LogP contribution is -2.47. The van der Waals surface area contributed by atoms with Crippen molar-refractivity contribution < 1.29 is 9.63 Å². The lowest BCUT2D eigenvalue weighted by Gasteiger charge is -2.34. The molecule has 3 N–H and O–H groups in total. The Balaban J connectivity index is 1.59. The molecule has 1 heterocycles. The van der Waals surface area contributed by atoms with Crippen molar-refractivity contribution in [2.24, 2.45) is 5.84 Å². The van der Waals surface area contributed by atoms with E-state index in [1.807, 2.05) is 5.59 Å². The maximum atomic E-state index is 11.1. The van der Waals surface area contributed by atoms with Crippen LogP contribution in [0, 0.1) is 0 Å². The first-order valence-electron chi connectivity index (χ1n) is 5.91. The van der Waals surface area contributed by atoms with Gasteiger partial charge in [0.25, 0.3) is 0 Å². The van der Waals surface area contributed by atoms with Crippen molar-refractivity contribution in [3.05, 3.63) is 0 Å². The van der Waals surface area contributed by atoms with Gasteiger partial charge >= 0.3 is 5.97 Å². The Kier molecular flexibility index (Phi) is 4.11. The molecule has 92 valence electrons. The Morgan fingerprint density at radius 2 is 2.00 bits per heavy atom.